The standard InChI is InChI=1S/C9H12O3S/c1-7(10)12-6-5-8-3-4-9(11-2)13-8/h3-4H,5-6H2,1-2H3. The first-order valence-electron chi connectivity index (χ1n) is 3.98. The van der Waals surface area contributed by atoms with Crippen molar-refractivity contribution in [2.24, 2.45) is 0 Å². The molecule has 0 aliphatic heterocycles. The highest BCUT2D eigenvalue weighted by Gasteiger charge is 2.00. The molecule has 0 radical (unpaired) electrons. The molecular weight excluding hydrogens is 188 g/mol. The number of rotatable bonds is 4. The van der Waals surface area contributed by atoms with Crippen molar-refractivity contribution in [3.05, 3.63) is 17.0 Å². The van der Waals surface area contributed by atoms with Crippen molar-refractivity contribution in [1.29, 1.82) is 0 Å². The van der Waals surface area contributed by atoms with Gasteiger partial charge in [-0.05, 0) is 12.1 Å². The lowest BCUT2D eigenvalue weighted by Crippen LogP contribution is -2.01. The Hall–Kier alpha value is -1.03. The van der Waals surface area contributed by atoms with Crippen molar-refractivity contribution in [2.75, 3.05) is 13.7 Å². The molecular formula is C9H12O3S. The molecule has 0 saturated carbocycles. The number of carbonyl (C=O) groups excluding carboxylic acids is 1. The van der Waals surface area contributed by atoms with Crippen LogP contribution in [0, 0.1) is 0 Å². The fraction of sp³-hybridized carbons (Fsp3) is 0.444. The molecule has 1 aromatic heterocycles. The number of ether oxygens (including phenoxy) is 2. The Bertz CT molecular complexity index is 280. The molecule has 1 aromatic rings. The second-order valence-corrected chi connectivity index (χ2v) is 3.65. The molecule has 0 amide bonds. The number of methoxy groups -OCH3 is 1. The van der Waals surface area contributed by atoms with Gasteiger partial charge in [-0.15, -0.1) is 11.3 Å². The van der Waals surface area contributed by atoms with Crippen molar-refractivity contribution in [2.45, 2.75) is 13.3 Å². The van der Waals surface area contributed by atoms with Gasteiger partial charge in [0.25, 0.3) is 0 Å². The van der Waals surface area contributed by atoms with Gasteiger partial charge in [0.2, 0.25) is 0 Å². The summed E-state index contributed by atoms with van der Waals surface area (Å²) in [6, 6.07) is 3.89. The minimum Gasteiger partial charge on any atom is -0.487 e. The predicted octanol–water partition coefficient (Wildman–Crippen LogP) is 1.86. The van der Waals surface area contributed by atoms with Crippen LogP contribution in [0.25, 0.3) is 0 Å². The van der Waals surface area contributed by atoms with Gasteiger partial charge in [0.15, 0.2) is 5.06 Å². The number of thiophene rings is 1. The third kappa shape index (κ3) is 3.46. The second kappa shape index (κ2) is 4.87. The second-order valence-electron chi connectivity index (χ2n) is 2.51. The Balaban J connectivity index is 2.32. The summed E-state index contributed by atoms with van der Waals surface area (Å²) >= 11 is 1.57. The Kier molecular flexibility index (Phi) is 3.76. The highest BCUT2D eigenvalue weighted by Crippen LogP contribution is 2.23. The van der Waals surface area contributed by atoms with Crippen molar-refractivity contribution in [3.8, 4) is 5.06 Å². The topological polar surface area (TPSA) is 35.5 Å². The van der Waals surface area contributed by atoms with E-state index in [0.717, 1.165) is 16.4 Å². The van der Waals surface area contributed by atoms with E-state index < -0.39 is 0 Å². The van der Waals surface area contributed by atoms with Crippen LogP contribution in [-0.4, -0.2) is 19.7 Å². The van der Waals surface area contributed by atoms with Crippen molar-refractivity contribution in [1.82, 2.24) is 0 Å². The molecule has 4 heteroatoms. The molecule has 1 heterocycles. The summed E-state index contributed by atoms with van der Waals surface area (Å²) in [6.07, 6.45) is 0.758. The average Bonchev–Trinajstić information content (AvgIpc) is 2.52. The van der Waals surface area contributed by atoms with E-state index in [1.807, 2.05) is 12.1 Å². The summed E-state index contributed by atoms with van der Waals surface area (Å²) in [5.74, 6) is -0.233. The minimum atomic E-state index is -0.233. The smallest absolute Gasteiger partial charge is 0.302 e. The normalized spacial score (nSPS) is 9.69. The van der Waals surface area contributed by atoms with Gasteiger partial charge < -0.3 is 9.47 Å². The molecule has 13 heavy (non-hydrogen) atoms. The van der Waals surface area contributed by atoms with Crippen LogP contribution in [0.1, 0.15) is 11.8 Å². The van der Waals surface area contributed by atoms with Gasteiger partial charge in [-0.2, -0.15) is 0 Å². The van der Waals surface area contributed by atoms with Crippen LogP contribution >= 0.6 is 11.3 Å². The van der Waals surface area contributed by atoms with Crippen LogP contribution in [0.5, 0.6) is 5.06 Å². The molecule has 0 spiro atoms. The first-order valence-corrected chi connectivity index (χ1v) is 4.80. The average molecular weight is 200 g/mol. The Labute approximate surface area is 81.3 Å². The zero-order chi connectivity index (χ0) is 9.68. The SMILES string of the molecule is COc1ccc(CCOC(C)=O)s1. The molecule has 72 valence electrons. The molecule has 0 unspecified atom stereocenters. The maximum Gasteiger partial charge on any atom is 0.302 e. The first-order chi connectivity index (χ1) is 6.22. The van der Waals surface area contributed by atoms with Gasteiger partial charge in [0.05, 0.1) is 13.7 Å². The van der Waals surface area contributed by atoms with Crippen LogP contribution < -0.4 is 4.74 Å². The van der Waals surface area contributed by atoms with Gasteiger partial charge in [0.1, 0.15) is 0 Å². The minimum absolute atomic E-state index is 0.233. The van der Waals surface area contributed by atoms with E-state index in [1.165, 1.54) is 6.92 Å². The van der Waals surface area contributed by atoms with Crippen molar-refractivity contribution >= 4 is 17.3 Å². The molecule has 0 fully saturated rings. The Morgan fingerprint density at radius 1 is 1.54 bits per heavy atom. The lowest BCUT2D eigenvalue weighted by Gasteiger charge is -1.98. The molecule has 3 nitrogen and oxygen atoms in total. The van der Waals surface area contributed by atoms with Crippen LogP contribution in [0.4, 0.5) is 0 Å². The fourth-order valence-corrected chi connectivity index (χ4v) is 1.70. The molecule has 0 bridgehead atoms. The van der Waals surface area contributed by atoms with Crippen molar-refractivity contribution < 1.29 is 14.3 Å². The summed E-state index contributed by atoms with van der Waals surface area (Å²) in [5, 5.41) is 0.887. The van der Waals surface area contributed by atoms with Gasteiger partial charge in [-0.25, -0.2) is 0 Å². The summed E-state index contributed by atoms with van der Waals surface area (Å²) in [5.41, 5.74) is 0. The number of carbonyl (C=O) groups is 1. The van der Waals surface area contributed by atoms with Crippen LogP contribution in [0.2, 0.25) is 0 Å². The number of esters is 1. The highest BCUT2D eigenvalue weighted by atomic mass is 32.1. The lowest BCUT2D eigenvalue weighted by molar-refractivity contribution is -0.140. The summed E-state index contributed by atoms with van der Waals surface area (Å²) in [7, 11) is 1.64. The molecule has 0 saturated heterocycles. The van der Waals surface area contributed by atoms with Gasteiger partial charge in [-0.3, -0.25) is 4.79 Å². The predicted molar refractivity (Wildman–Crippen MR) is 51.2 cm³/mol. The molecule has 0 aliphatic rings. The van der Waals surface area contributed by atoms with E-state index in [1.54, 1.807) is 18.4 Å². The Morgan fingerprint density at radius 3 is 2.85 bits per heavy atom. The monoisotopic (exact) mass is 200 g/mol. The van der Waals surface area contributed by atoms with Gasteiger partial charge in [0, 0.05) is 18.2 Å². The van der Waals surface area contributed by atoms with Crippen LogP contribution in [0.3, 0.4) is 0 Å². The van der Waals surface area contributed by atoms with E-state index in [9.17, 15) is 4.79 Å². The highest BCUT2D eigenvalue weighted by molar-refractivity contribution is 7.13. The zero-order valence-electron chi connectivity index (χ0n) is 7.70. The Morgan fingerprint density at radius 2 is 2.31 bits per heavy atom. The molecule has 1 rings (SSSR count). The van der Waals surface area contributed by atoms with E-state index in [-0.39, 0.29) is 5.97 Å². The van der Waals surface area contributed by atoms with E-state index in [2.05, 4.69) is 0 Å². The molecule has 0 aromatic carbocycles. The van der Waals surface area contributed by atoms with E-state index >= 15 is 0 Å². The molecule has 0 N–H and O–H groups in total. The maximum atomic E-state index is 10.5. The molecule has 0 atom stereocenters. The first kappa shape index (κ1) is 10.1. The third-order valence-corrected chi connectivity index (χ3v) is 2.60. The van der Waals surface area contributed by atoms with E-state index in [4.69, 9.17) is 9.47 Å². The van der Waals surface area contributed by atoms with E-state index in [0.29, 0.717) is 6.61 Å². The quantitative estimate of drug-likeness (QED) is 0.696. The van der Waals surface area contributed by atoms with Gasteiger partial charge in [-0.1, -0.05) is 0 Å². The zero-order valence-corrected chi connectivity index (χ0v) is 8.52. The number of hydrogen-bond donors (Lipinski definition) is 0. The fourth-order valence-electron chi connectivity index (χ4n) is 0.898. The van der Waals surface area contributed by atoms with Crippen LogP contribution in [-0.2, 0) is 16.0 Å². The van der Waals surface area contributed by atoms with Crippen molar-refractivity contribution in [3.63, 3.8) is 0 Å². The third-order valence-electron chi connectivity index (χ3n) is 1.49. The largest absolute Gasteiger partial charge is 0.487 e. The molecule has 0 aliphatic carbocycles. The van der Waals surface area contributed by atoms with Gasteiger partial charge >= 0.3 is 5.97 Å². The lowest BCUT2D eigenvalue weighted by atomic mass is 10.4. The summed E-state index contributed by atoms with van der Waals surface area (Å²) in [4.78, 5) is 11.6. The summed E-state index contributed by atoms with van der Waals surface area (Å²) in [6.45, 7) is 1.86. The maximum absolute atomic E-state index is 10.5. The number of hydrogen-bond acceptors (Lipinski definition) is 4. The summed E-state index contributed by atoms with van der Waals surface area (Å²) < 4.78 is 9.85. The van der Waals surface area contributed by atoms with Crippen LogP contribution in [0.15, 0.2) is 12.1 Å².